The van der Waals surface area contributed by atoms with Crippen LogP contribution in [0.3, 0.4) is 0 Å². The van der Waals surface area contributed by atoms with Crippen LogP contribution in [-0.4, -0.2) is 15.0 Å². The van der Waals surface area contributed by atoms with Crippen molar-refractivity contribution in [2.24, 2.45) is 0 Å². The van der Waals surface area contributed by atoms with Gasteiger partial charge in [-0.15, -0.1) is 22.7 Å². The van der Waals surface area contributed by atoms with Gasteiger partial charge in [-0.05, 0) is 24.2 Å². The Kier molecular flexibility index (Phi) is 3.19. The van der Waals surface area contributed by atoms with E-state index < -0.39 is 0 Å². The minimum Gasteiger partial charge on any atom is -0.368 e. The smallest absolute Gasteiger partial charge is 0.222 e. The Labute approximate surface area is 116 Å². The van der Waals surface area contributed by atoms with E-state index in [4.69, 9.17) is 5.73 Å². The lowest BCUT2D eigenvalue weighted by Gasteiger charge is -2.00. The molecule has 0 saturated carbocycles. The Morgan fingerprint density at radius 3 is 3.00 bits per heavy atom. The third kappa shape index (κ3) is 2.21. The van der Waals surface area contributed by atoms with Gasteiger partial charge in [0.05, 0.1) is 0 Å². The molecule has 0 amide bonds. The van der Waals surface area contributed by atoms with Crippen LogP contribution < -0.4 is 5.73 Å². The summed E-state index contributed by atoms with van der Waals surface area (Å²) in [5.41, 5.74) is 5.76. The molecule has 2 N–H and O–H groups in total. The third-order valence-electron chi connectivity index (χ3n) is 2.37. The summed E-state index contributed by atoms with van der Waals surface area (Å²) in [5, 5.41) is 3.92. The molecule has 4 nitrogen and oxygen atoms in total. The lowest BCUT2D eigenvalue weighted by atomic mass is 10.3. The highest BCUT2D eigenvalue weighted by molar-refractivity contribution is 8.01. The number of nitrogens with two attached hydrogens (primary N) is 1. The van der Waals surface area contributed by atoms with Crippen molar-refractivity contribution in [3.05, 3.63) is 22.5 Å². The van der Waals surface area contributed by atoms with Gasteiger partial charge >= 0.3 is 0 Å². The highest BCUT2D eigenvalue weighted by Crippen LogP contribution is 2.36. The molecule has 3 aromatic heterocycles. The molecule has 7 heteroatoms. The average molecular weight is 294 g/mol. The van der Waals surface area contributed by atoms with E-state index in [-0.39, 0.29) is 0 Å². The molecule has 0 atom stereocenters. The fraction of sp³-hybridized carbons (Fsp3) is 0.182. The first-order valence-corrected chi connectivity index (χ1v) is 7.91. The zero-order chi connectivity index (χ0) is 12.5. The molecule has 0 spiro atoms. The second-order valence-corrected chi connectivity index (χ2v) is 6.82. The van der Waals surface area contributed by atoms with Gasteiger partial charge in [0.25, 0.3) is 0 Å². The molecule has 0 bridgehead atoms. The number of rotatable bonds is 3. The van der Waals surface area contributed by atoms with E-state index >= 15 is 0 Å². The monoisotopic (exact) mass is 294 g/mol. The van der Waals surface area contributed by atoms with Crippen molar-refractivity contribution in [2.75, 3.05) is 5.73 Å². The molecular formula is C11H10N4S3. The Morgan fingerprint density at radius 2 is 2.28 bits per heavy atom. The Bertz CT molecular complexity index is 675. The molecule has 0 aliphatic rings. The minimum absolute atomic E-state index is 0.325. The first-order chi connectivity index (χ1) is 8.76. The maximum atomic E-state index is 5.76. The summed E-state index contributed by atoms with van der Waals surface area (Å²) in [6.07, 6.45) is 2.79. The summed E-state index contributed by atoms with van der Waals surface area (Å²) in [6.45, 7) is 2.13. The number of anilines is 1. The molecule has 0 aromatic carbocycles. The molecule has 0 aliphatic heterocycles. The number of hydrogen-bond acceptors (Lipinski definition) is 7. The van der Waals surface area contributed by atoms with Crippen molar-refractivity contribution in [3.63, 3.8) is 0 Å². The number of thiophene rings is 1. The fourth-order valence-electron chi connectivity index (χ4n) is 1.56. The quantitative estimate of drug-likeness (QED) is 0.750. The number of nitrogens with zero attached hydrogens (tertiary/aromatic N) is 3. The van der Waals surface area contributed by atoms with Gasteiger partial charge in [0.15, 0.2) is 4.34 Å². The number of aryl methyl sites for hydroxylation is 1. The maximum Gasteiger partial charge on any atom is 0.222 e. The van der Waals surface area contributed by atoms with E-state index in [1.54, 1.807) is 40.6 Å². The van der Waals surface area contributed by atoms with Gasteiger partial charge in [-0.25, -0.2) is 15.0 Å². The molecule has 0 saturated heterocycles. The third-order valence-corrected chi connectivity index (χ3v) is 5.43. The molecule has 18 heavy (non-hydrogen) atoms. The van der Waals surface area contributed by atoms with Crippen LogP contribution >= 0.6 is 34.4 Å². The van der Waals surface area contributed by atoms with Crippen LogP contribution in [0.15, 0.2) is 27.0 Å². The van der Waals surface area contributed by atoms with Gasteiger partial charge in [0.2, 0.25) is 5.95 Å². The van der Waals surface area contributed by atoms with Crippen molar-refractivity contribution < 1.29 is 0 Å². The number of thiazole rings is 1. The zero-order valence-corrected chi connectivity index (χ0v) is 12.0. The van der Waals surface area contributed by atoms with Crippen LogP contribution in [-0.2, 0) is 6.42 Å². The lowest BCUT2D eigenvalue weighted by molar-refractivity contribution is 1.12. The first kappa shape index (κ1) is 11.9. The van der Waals surface area contributed by atoms with E-state index in [0.717, 1.165) is 26.0 Å². The summed E-state index contributed by atoms with van der Waals surface area (Å²) in [5.74, 6) is 0.325. The first-order valence-electron chi connectivity index (χ1n) is 5.39. The van der Waals surface area contributed by atoms with Crippen molar-refractivity contribution >= 4 is 50.6 Å². The lowest BCUT2D eigenvalue weighted by Crippen LogP contribution is -1.95. The van der Waals surface area contributed by atoms with Gasteiger partial charge in [-0.3, -0.25) is 0 Å². The van der Waals surface area contributed by atoms with Crippen molar-refractivity contribution in [3.8, 4) is 0 Å². The molecule has 0 aliphatic carbocycles. The predicted octanol–water partition coefficient (Wildman–Crippen LogP) is 3.44. The predicted molar refractivity (Wildman–Crippen MR) is 77.4 cm³/mol. The van der Waals surface area contributed by atoms with Gasteiger partial charge < -0.3 is 5.73 Å². The van der Waals surface area contributed by atoms with Crippen molar-refractivity contribution in [1.29, 1.82) is 0 Å². The van der Waals surface area contributed by atoms with Gasteiger partial charge in [-0.2, -0.15) is 0 Å². The van der Waals surface area contributed by atoms with Crippen LogP contribution in [0.5, 0.6) is 0 Å². The molecule has 0 fully saturated rings. The van der Waals surface area contributed by atoms with Crippen LogP contribution in [0, 0.1) is 0 Å². The SMILES string of the molecule is CCc1cc2c(Sc3nccs3)nc(N)nc2s1. The molecule has 0 unspecified atom stereocenters. The van der Waals surface area contributed by atoms with E-state index in [9.17, 15) is 0 Å². The van der Waals surface area contributed by atoms with Gasteiger partial charge in [-0.1, -0.05) is 6.92 Å². The van der Waals surface area contributed by atoms with E-state index in [0.29, 0.717) is 5.95 Å². The number of nitrogen functional groups attached to an aromatic ring is 1. The van der Waals surface area contributed by atoms with E-state index in [1.807, 2.05) is 5.38 Å². The van der Waals surface area contributed by atoms with Gasteiger partial charge in [0.1, 0.15) is 9.86 Å². The molecule has 3 heterocycles. The number of hydrogen-bond donors (Lipinski definition) is 1. The molecule has 3 rings (SSSR count). The van der Waals surface area contributed by atoms with Crippen LogP contribution in [0.2, 0.25) is 0 Å². The average Bonchev–Trinajstić information content (AvgIpc) is 2.97. The Balaban J connectivity index is 2.11. The Morgan fingerprint density at radius 1 is 1.39 bits per heavy atom. The summed E-state index contributed by atoms with van der Waals surface area (Å²) < 4.78 is 0.971. The van der Waals surface area contributed by atoms with E-state index in [1.165, 1.54) is 4.88 Å². The summed E-state index contributed by atoms with van der Waals surface area (Å²) in [6, 6.07) is 2.15. The molecule has 92 valence electrons. The summed E-state index contributed by atoms with van der Waals surface area (Å²) >= 11 is 4.82. The van der Waals surface area contributed by atoms with Crippen LogP contribution in [0.25, 0.3) is 10.2 Å². The fourth-order valence-corrected chi connectivity index (χ4v) is 4.23. The zero-order valence-electron chi connectivity index (χ0n) is 9.58. The van der Waals surface area contributed by atoms with Crippen molar-refractivity contribution in [2.45, 2.75) is 22.7 Å². The second-order valence-electron chi connectivity index (χ2n) is 3.57. The van der Waals surface area contributed by atoms with E-state index in [2.05, 4.69) is 27.9 Å². The second kappa shape index (κ2) is 4.83. The van der Waals surface area contributed by atoms with Crippen LogP contribution in [0.4, 0.5) is 5.95 Å². The molecule has 3 aromatic rings. The standard InChI is InChI=1S/C11H10N4S3/c1-2-6-5-7-8(17-6)14-10(12)15-9(7)18-11-13-3-4-16-11/h3-5H,2H2,1H3,(H2,12,14,15). The topological polar surface area (TPSA) is 64.7 Å². The minimum atomic E-state index is 0.325. The number of fused-ring (bicyclic) bond motifs is 1. The van der Waals surface area contributed by atoms with Gasteiger partial charge in [0, 0.05) is 21.8 Å². The van der Waals surface area contributed by atoms with Crippen LogP contribution in [0.1, 0.15) is 11.8 Å². The number of aromatic nitrogens is 3. The maximum absolute atomic E-state index is 5.76. The summed E-state index contributed by atoms with van der Waals surface area (Å²) in [4.78, 5) is 15.1. The van der Waals surface area contributed by atoms with Crippen molar-refractivity contribution in [1.82, 2.24) is 15.0 Å². The highest BCUT2D eigenvalue weighted by atomic mass is 32.2. The summed E-state index contributed by atoms with van der Waals surface area (Å²) in [7, 11) is 0. The highest BCUT2D eigenvalue weighted by Gasteiger charge is 2.12. The Hall–Kier alpha value is -1.18. The largest absolute Gasteiger partial charge is 0.368 e. The molecular weight excluding hydrogens is 284 g/mol. The molecule has 0 radical (unpaired) electrons. The normalized spacial score (nSPS) is 11.2.